The summed E-state index contributed by atoms with van der Waals surface area (Å²) < 4.78 is 23.6. The first kappa shape index (κ1) is 16.1. The molecule has 0 bridgehead atoms. The Morgan fingerprint density at radius 2 is 1.71 bits per heavy atom. The normalized spacial score (nSPS) is 20.1. The van der Waals surface area contributed by atoms with Gasteiger partial charge in [-0.25, -0.2) is 4.39 Å². The molecule has 6 nitrogen and oxygen atoms in total. The zero-order valence-electron chi connectivity index (χ0n) is 13.0. The highest BCUT2D eigenvalue weighted by atomic mass is 19.1. The maximum atomic E-state index is 12.9. The molecule has 1 saturated heterocycles. The Morgan fingerprint density at radius 3 is 2.29 bits per heavy atom. The molecule has 1 amide bonds. The van der Waals surface area contributed by atoms with Crippen molar-refractivity contribution >= 4 is 5.91 Å². The SMILES string of the molecule is COc1ccc(ON2C[C@@H]2[C@H](Oc2ccc(F)cc2)C(N)=O)cc1. The van der Waals surface area contributed by atoms with Crippen LogP contribution in [0.15, 0.2) is 48.5 Å². The van der Waals surface area contributed by atoms with E-state index in [1.54, 1.807) is 36.4 Å². The predicted molar refractivity (Wildman–Crippen MR) is 84.1 cm³/mol. The largest absolute Gasteiger partial charge is 0.497 e. The van der Waals surface area contributed by atoms with Gasteiger partial charge in [-0.15, -0.1) is 5.06 Å². The summed E-state index contributed by atoms with van der Waals surface area (Å²) in [6.45, 7) is 0.501. The maximum Gasteiger partial charge on any atom is 0.260 e. The van der Waals surface area contributed by atoms with Crippen molar-refractivity contribution in [1.82, 2.24) is 5.06 Å². The Balaban J connectivity index is 1.61. The van der Waals surface area contributed by atoms with Gasteiger partial charge in [0.25, 0.3) is 5.91 Å². The molecule has 0 saturated carbocycles. The topological polar surface area (TPSA) is 73.8 Å². The molecule has 126 valence electrons. The molecule has 3 rings (SSSR count). The fourth-order valence-corrected chi connectivity index (χ4v) is 2.25. The number of carbonyl (C=O) groups excluding carboxylic acids is 1. The zero-order valence-corrected chi connectivity index (χ0v) is 13.0. The van der Waals surface area contributed by atoms with E-state index in [2.05, 4.69) is 0 Å². The van der Waals surface area contributed by atoms with Crippen molar-refractivity contribution in [2.45, 2.75) is 12.1 Å². The van der Waals surface area contributed by atoms with Crippen molar-refractivity contribution in [3.8, 4) is 17.2 Å². The van der Waals surface area contributed by atoms with Crippen LogP contribution in [0.25, 0.3) is 0 Å². The lowest BCUT2D eigenvalue weighted by molar-refractivity contribution is -0.126. The zero-order chi connectivity index (χ0) is 17.1. The van der Waals surface area contributed by atoms with Crippen molar-refractivity contribution in [3.05, 3.63) is 54.3 Å². The van der Waals surface area contributed by atoms with Crippen LogP contribution >= 0.6 is 0 Å². The number of hydroxylamine groups is 2. The standard InChI is InChI=1S/C17H17FN2O4/c1-22-12-6-8-14(9-7-12)24-20-10-15(20)16(17(19)21)23-13-4-2-11(18)3-5-13/h2-9,15-16H,10H2,1H3,(H2,19,21)/t15-,16+,20?/m1/s1. The highest BCUT2D eigenvalue weighted by molar-refractivity contribution is 5.80. The van der Waals surface area contributed by atoms with Crippen molar-refractivity contribution in [3.63, 3.8) is 0 Å². The maximum absolute atomic E-state index is 12.9. The Morgan fingerprint density at radius 1 is 1.12 bits per heavy atom. The van der Waals surface area contributed by atoms with Crippen molar-refractivity contribution in [2.75, 3.05) is 13.7 Å². The van der Waals surface area contributed by atoms with E-state index in [4.69, 9.17) is 20.0 Å². The lowest BCUT2D eigenvalue weighted by Crippen LogP contribution is -2.40. The molecule has 24 heavy (non-hydrogen) atoms. The molecule has 2 aromatic carbocycles. The highest BCUT2D eigenvalue weighted by Crippen LogP contribution is 2.28. The van der Waals surface area contributed by atoms with E-state index in [1.165, 1.54) is 24.3 Å². The third-order valence-electron chi connectivity index (χ3n) is 3.59. The number of ether oxygens (including phenoxy) is 2. The van der Waals surface area contributed by atoms with Gasteiger partial charge in [-0.05, 0) is 48.5 Å². The first-order valence-corrected chi connectivity index (χ1v) is 7.37. The molecular weight excluding hydrogens is 315 g/mol. The number of amides is 1. The number of nitrogens with zero attached hydrogens (tertiary/aromatic N) is 1. The van der Waals surface area contributed by atoms with E-state index in [-0.39, 0.29) is 11.9 Å². The number of halogens is 1. The minimum Gasteiger partial charge on any atom is -0.497 e. The van der Waals surface area contributed by atoms with E-state index in [1.807, 2.05) is 0 Å². The van der Waals surface area contributed by atoms with Crippen LogP contribution in [-0.2, 0) is 4.79 Å². The molecule has 0 aromatic heterocycles. The van der Waals surface area contributed by atoms with Gasteiger partial charge in [-0.3, -0.25) is 4.79 Å². The molecule has 7 heteroatoms. The van der Waals surface area contributed by atoms with Crippen molar-refractivity contribution in [2.24, 2.45) is 5.73 Å². The van der Waals surface area contributed by atoms with Crippen LogP contribution in [0.2, 0.25) is 0 Å². The molecule has 1 unspecified atom stereocenters. The second kappa shape index (κ2) is 6.76. The molecule has 0 radical (unpaired) electrons. The van der Waals surface area contributed by atoms with Crippen LogP contribution in [0.4, 0.5) is 4.39 Å². The summed E-state index contributed by atoms with van der Waals surface area (Å²) >= 11 is 0. The van der Waals surface area contributed by atoms with Crippen LogP contribution in [0, 0.1) is 5.82 Å². The molecule has 1 aliphatic rings. The second-order valence-corrected chi connectivity index (χ2v) is 5.33. The smallest absolute Gasteiger partial charge is 0.260 e. The minimum absolute atomic E-state index is 0.297. The van der Waals surface area contributed by atoms with Gasteiger partial charge in [0.15, 0.2) is 6.10 Å². The Labute approximate surface area is 138 Å². The predicted octanol–water partition coefficient (Wildman–Crippen LogP) is 1.75. The van der Waals surface area contributed by atoms with Crippen molar-refractivity contribution in [1.29, 1.82) is 0 Å². The molecule has 3 atom stereocenters. The molecular formula is C17H17FN2O4. The molecule has 1 aliphatic heterocycles. The fraction of sp³-hybridized carbons (Fsp3) is 0.235. The van der Waals surface area contributed by atoms with Gasteiger partial charge in [-0.2, -0.15) is 0 Å². The first-order valence-electron chi connectivity index (χ1n) is 7.37. The number of hydrogen-bond donors (Lipinski definition) is 1. The average molecular weight is 332 g/mol. The summed E-state index contributed by atoms with van der Waals surface area (Å²) in [5, 5.41) is 1.60. The molecule has 1 fully saturated rings. The number of benzene rings is 2. The summed E-state index contributed by atoms with van der Waals surface area (Å²) in [6.07, 6.45) is -0.881. The fourth-order valence-electron chi connectivity index (χ4n) is 2.25. The lowest BCUT2D eigenvalue weighted by Gasteiger charge is -2.16. The number of carbonyl (C=O) groups is 1. The summed E-state index contributed by atoms with van der Waals surface area (Å²) in [7, 11) is 1.58. The van der Waals surface area contributed by atoms with Crippen LogP contribution in [0.5, 0.6) is 17.2 Å². The van der Waals surface area contributed by atoms with Crippen LogP contribution < -0.4 is 20.0 Å². The lowest BCUT2D eigenvalue weighted by atomic mass is 10.2. The summed E-state index contributed by atoms with van der Waals surface area (Å²) in [4.78, 5) is 17.3. The number of nitrogens with two attached hydrogens (primary N) is 1. The summed E-state index contributed by atoms with van der Waals surface area (Å²) in [5.41, 5.74) is 5.41. The number of rotatable bonds is 7. The van der Waals surface area contributed by atoms with Gasteiger partial charge in [0, 0.05) is 0 Å². The Bertz CT molecular complexity index is 706. The van der Waals surface area contributed by atoms with E-state index in [9.17, 15) is 9.18 Å². The van der Waals surface area contributed by atoms with Crippen LogP contribution in [-0.4, -0.2) is 36.8 Å². The third-order valence-corrected chi connectivity index (χ3v) is 3.59. The first-order chi connectivity index (χ1) is 11.6. The number of primary amides is 1. The number of hydrogen-bond acceptors (Lipinski definition) is 5. The van der Waals surface area contributed by atoms with E-state index in [0.29, 0.717) is 18.0 Å². The highest BCUT2D eigenvalue weighted by Gasteiger charge is 2.47. The van der Waals surface area contributed by atoms with E-state index < -0.39 is 12.0 Å². The van der Waals surface area contributed by atoms with Gasteiger partial charge >= 0.3 is 0 Å². The number of methoxy groups -OCH3 is 1. The third kappa shape index (κ3) is 3.75. The van der Waals surface area contributed by atoms with E-state index in [0.717, 1.165) is 5.75 Å². The van der Waals surface area contributed by atoms with Gasteiger partial charge in [-0.1, -0.05) is 0 Å². The average Bonchev–Trinajstić information content (AvgIpc) is 3.33. The molecule has 0 spiro atoms. The molecule has 2 aromatic rings. The van der Waals surface area contributed by atoms with Gasteiger partial charge in [0.05, 0.1) is 13.7 Å². The minimum atomic E-state index is -0.881. The molecule has 1 heterocycles. The quantitative estimate of drug-likeness (QED) is 0.782. The molecule has 0 aliphatic carbocycles. The Hall–Kier alpha value is -2.80. The van der Waals surface area contributed by atoms with Crippen LogP contribution in [0.1, 0.15) is 0 Å². The van der Waals surface area contributed by atoms with E-state index >= 15 is 0 Å². The van der Waals surface area contributed by atoms with Crippen LogP contribution in [0.3, 0.4) is 0 Å². The Kier molecular flexibility index (Phi) is 4.52. The monoisotopic (exact) mass is 332 g/mol. The van der Waals surface area contributed by atoms with Gasteiger partial charge < -0.3 is 20.0 Å². The second-order valence-electron chi connectivity index (χ2n) is 5.33. The van der Waals surface area contributed by atoms with Gasteiger partial charge in [0.2, 0.25) is 0 Å². The summed E-state index contributed by atoms with van der Waals surface area (Å²) in [6, 6.07) is 12.2. The van der Waals surface area contributed by atoms with Gasteiger partial charge in [0.1, 0.15) is 29.1 Å². The van der Waals surface area contributed by atoms with Crippen molar-refractivity contribution < 1.29 is 23.5 Å². The molecule has 2 N–H and O–H groups in total. The summed E-state index contributed by atoms with van der Waals surface area (Å²) in [5.74, 6) is 0.721.